The Labute approximate surface area is 176 Å². The molecule has 30 heavy (non-hydrogen) atoms. The summed E-state index contributed by atoms with van der Waals surface area (Å²) in [6.45, 7) is 4.91. The summed E-state index contributed by atoms with van der Waals surface area (Å²) < 4.78 is 16.6. The van der Waals surface area contributed by atoms with Gasteiger partial charge in [0.1, 0.15) is 11.5 Å². The van der Waals surface area contributed by atoms with Crippen molar-refractivity contribution in [1.82, 2.24) is 5.32 Å². The van der Waals surface area contributed by atoms with Crippen molar-refractivity contribution in [2.24, 2.45) is 0 Å². The fraction of sp³-hybridized carbons (Fsp3) is 0.409. The number of nitrogens with one attached hydrogen (secondary N) is 1. The Hall–Kier alpha value is -3.29. The Balaban J connectivity index is 2.18. The highest BCUT2D eigenvalue weighted by atomic mass is 16.6. The Kier molecular flexibility index (Phi) is 9.44. The average molecular weight is 416 g/mol. The lowest BCUT2D eigenvalue weighted by atomic mass is 10.1. The monoisotopic (exact) mass is 416 g/mol. The van der Waals surface area contributed by atoms with Crippen LogP contribution < -0.4 is 19.5 Å². The van der Waals surface area contributed by atoms with E-state index >= 15 is 0 Å². The van der Waals surface area contributed by atoms with Crippen LogP contribution in [0, 0.1) is 10.1 Å². The summed E-state index contributed by atoms with van der Waals surface area (Å²) >= 11 is 0. The summed E-state index contributed by atoms with van der Waals surface area (Å²) in [6, 6.07) is 11.6. The van der Waals surface area contributed by atoms with Gasteiger partial charge in [0, 0.05) is 12.1 Å². The molecule has 8 heteroatoms. The molecular formula is C22H28N2O6. The molecule has 2 aromatic carbocycles. The minimum absolute atomic E-state index is 0.0786. The summed E-state index contributed by atoms with van der Waals surface area (Å²) in [5.74, 6) is 0.921. The van der Waals surface area contributed by atoms with Gasteiger partial charge in [0.2, 0.25) is 0 Å². The Bertz CT molecular complexity index is 826. The van der Waals surface area contributed by atoms with E-state index in [1.54, 1.807) is 30.3 Å². The van der Waals surface area contributed by atoms with E-state index in [9.17, 15) is 14.9 Å². The lowest BCUT2D eigenvalue weighted by molar-refractivity contribution is -0.386. The predicted molar refractivity (Wildman–Crippen MR) is 113 cm³/mol. The first-order valence-electron chi connectivity index (χ1n) is 10.1. The van der Waals surface area contributed by atoms with Gasteiger partial charge in [-0.1, -0.05) is 44.9 Å². The minimum atomic E-state index is -0.632. The molecule has 0 saturated carbocycles. The molecule has 0 bridgehead atoms. The molecule has 0 spiro atoms. The molecule has 0 heterocycles. The number of unbranched alkanes of at least 4 members (excludes halogenated alkanes) is 2. The first kappa shape index (κ1) is 23.0. The van der Waals surface area contributed by atoms with E-state index in [-0.39, 0.29) is 18.0 Å². The molecule has 2 aromatic rings. The van der Waals surface area contributed by atoms with Gasteiger partial charge >= 0.3 is 11.8 Å². The third-order valence-electron chi connectivity index (χ3n) is 4.23. The quantitative estimate of drug-likeness (QED) is 0.288. The zero-order valence-corrected chi connectivity index (χ0v) is 17.4. The van der Waals surface area contributed by atoms with Gasteiger partial charge in [0.25, 0.3) is 0 Å². The second-order valence-electron chi connectivity index (χ2n) is 6.64. The molecule has 0 fully saturated rings. The van der Waals surface area contributed by atoms with Gasteiger partial charge in [-0.3, -0.25) is 10.1 Å². The normalized spacial score (nSPS) is 10.3. The molecule has 0 aliphatic rings. The first-order chi connectivity index (χ1) is 14.5. The number of nitrogens with zero attached hydrogens (tertiary/aromatic N) is 1. The molecule has 0 aliphatic carbocycles. The lowest BCUT2D eigenvalue weighted by Gasteiger charge is -2.15. The minimum Gasteiger partial charge on any atom is -0.493 e. The highest BCUT2D eigenvalue weighted by Crippen LogP contribution is 2.35. The molecule has 162 valence electrons. The van der Waals surface area contributed by atoms with Gasteiger partial charge in [0.15, 0.2) is 5.75 Å². The molecule has 0 radical (unpaired) electrons. The van der Waals surface area contributed by atoms with E-state index < -0.39 is 11.0 Å². The lowest BCUT2D eigenvalue weighted by Crippen LogP contribution is -2.26. The maximum Gasteiger partial charge on any atom is 0.412 e. The average Bonchev–Trinajstić information content (AvgIpc) is 2.74. The van der Waals surface area contributed by atoms with E-state index in [1.807, 2.05) is 19.9 Å². The Morgan fingerprint density at radius 1 is 1.00 bits per heavy atom. The van der Waals surface area contributed by atoms with Crippen molar-refractivity contribution in [3.8, 4) is 17.2 Å². The number of hydrogen-bond donors (Lipinski definition) is 1. The van der Waals surface area contributed by atoms with Crippen molar-refractivity contribution in [2.45, 2.75) is 46.1 Å². The zero-order chi connectivity index (χ0) is 21.8. The summed E-state index contributed by atoms with van der Waals surface area (Å²) in [7, 11) is 0. The summed E-state index contributed by atoms with van der Waals surface area (Å²) in [6.07, 6.45) is 2.80. The number of carbonyl (C=O) groups excluding carboxylic acids is 1. The van der Waals surface area contributed by atoms with Crippen molar-refractivity contribution in [3.05, 3.63) is 58.1 Å². The van der Waals surface area contributed by atoms with Crippen LogP contribution in [-0.2, 0) is 6.54 Å². The van der Waals surface area contributed by atoms with Gasteiger partial charge in [-0.2, -0.15) is 0 Å². The zero-order valence-electron chi connectivity index (χ0n) is 17.4. The number of ether oxygens (including phenoxy) is 3. The number of benzene rings is 2. The maximum absolute atomic E-state index is 12.1. The summed E-state index contributed by atoms with van der Waals surface area (Å²) in [4.78, 5) is 23.1. The SMILES string of the molecule is CCCCOc1cc([N+](=O)[O-])c(OCCCC)cc1CNC(=O)Oc1ccccc1. The molecular weight excluding hydrogens is 388 g/mol. The van der Waals surface area contributed by atoms with Crippen LogP contribution in [0.15, 0.2) is 42.5 Å². The highest BCUT2D eigenvalue weighted by molar-refractivity contribution is 5.70. The van der Waals surface area contributed by atoms with Crippen molar-refractivity contribution < 1.29 is 23.9 Å². The molecule has 0 saturated heterocycles. The van der Waals surface area contributed by atoms with E-state index in [2.05, 4.69) is 5.32 Å². The van der Waals surface area contributed by atoms with E-state index in [0.717, 1.165) is 25.7 Å². The van der Waals surface area contributed by atoms with Gasteiger partial charge in [-0.15, -0.1) is 0 Å². The van der Waals surface area contributed by atoms with E-state index in [0.29, 0.717) is 30.3 Å². The third kappa shape index (κ3) is 7.27. The van der Waals surface area contributed by atoms with Crippen LogP contribution in [0.5, 0.6) is 17.2 Å². The fourth-order valence-electron chi connectivity index (χ4n) is 2.57. The van der Waals surface area contributed by atoms with Gasteiger partial charge in [-0.25, -0.2) is 4.79 Å². The fourth-order valence-corrected chi connectivity index (χ4v) is 2.57. The number of rotatable bonds is 12. The molecule has 0 unspecified atom stereocenters. The highest BCUT2D eigenvalue weighted by Gasteiger charge is 2.21. The largest absolute Gasteiger partial charge is 0.493 e. The number of nitro benzene ring substituents is 1. The van der Waals surface area contributed by atoms with E-state index in [1.165, 1.54) is 6.07 Å². The van der Waals surface area contributed by atoms with Crippen LogP contribution in [-0.4, -0.2) is 24.2 Å². The standard InChI is InChI=1S/C22H28N2O6/c1-3-5-12-28-20-15-19(24(26)27)21(29-13-6-4-2)14-17(20)16-23-22(25)30-18-10-8-7-9-11-18/h7-11,14-15H,3-6,12-13,16H2,1-2H3,(H,23,25). The van der Waals surface area contributed by atoms with Crippen molar-refractivity contribution >= 4 is 11.8 Å². The van der Waals surface area contributed by atoms with Gasteiger partial charge < -0.3 is 19.5 Å². The molecule has 0 aromatic heterocycles. The predicted octanol–water partition coefficient (Wildman–Crippen LogP) is 5.24. The topological polar surface area (TPSA) is 99.9 Å². The Morgan fingerprint density at radius 3 is 2.23 bits per heavy atom. The van der Waals surface area contributed by atoms with E-state index in [4.69, 9.17) is 14.2 Å². The third-order valence-corrected chi connectivity index (χ3v) is 4.23. The first-order valence-corrected chi connectivity index (χ1v) is 10.1. The summed E-state index contributed by atoms with van der Waals surface area (Å²) in [5.41, 5.74) is 0.418. The smallest absolute Gasteiger partial charge is 0.412 e. The molecule has 0 aliphatic heterocycles. The molecule has 2 rings (SSSR count). The van der Waals surface area contributed by atoms with Crippen LogP contribution in [0.4, 0.5) is 10.5 Å². The number of carbonyl (C=O) groups is 1. The number of nitro groups is 1. The van der Waals surface area contributed by atoms with Gasteiger partial charge in [-0.05, 0) is 31.0 Å². The number of hydrogen-bond acceptors (Lipinski definition) is 6. The van der Waals surface area contributed by atoms with Crippen LogP contribution in [0.3, 0.4) is 0 Å². The Morgan fingerprint density at radius 2 is 1.63 bits per heavy atom. The molecule has 1 N–H and O–H groups in total. The van der Waals surface area contributed by atoms with Crippen LogP contribution in [0.1, 0.15) is 45.1 Å². The van der Waals surface area contributed by atoms with Crippen LogP contribution in [0.2, 0.25) is 0 Å². The number of para-hydroxylation sites is 1. The number of amides is 1. The van der Waals surface area contributed by atoms with Gasteiger partial charge in [0.05, 0.1) is 24.2 Å². The molecule has 8 nitrogen and oxygen atoms in total. The van der Waals surface area contributed by atoms with Crippen molar-refractivity contribution in [1.29, 1.82) is 0 Å². The maximum atomic E-state index is 12.1. The van der Waals surface area contributed by atoms with Crippen LogP contribution >= 0.6 is 0 Å². The van der Waals surface area contributed by atoms with Crippen molar-refractivity contribution in [2.75, 3.05) is 13.2 Å². The molecule has 1 amide bonds. The summed E-state index contributed by atoms with van der Waals surface area (Å²) in [5, 5.41) is 14.2. The molecule has 0 atom stereocenters. The van der Waals surface area contributed by atoms with Crippen LogP contribution in [0.25, 0.3) is 0 Å². The second kappa shape index (κ2) is 12.3. The van der Waals surface area contributed by atoms with Crippen molar-refractivity contribution in [3.63, 3.8) is 0 Å². The second-order valence-corrected chi connectivity index (χ2v) is 6.64.